The van der Waals surface area contributed by atoms with Gasteiger partial charge in [0.2, 0.25) is 0 Å². The fourth-order valence-electron chi connectivity index (χ4n) is 2.78. The van der Waals surface area contributed by atoms with Crippen LogP contribution in [0.25, 0.3) is 0 Å². The molecule has 0 radical (unpaired) electrons. The summed E-state index contributed by atoms with van der Waals surface area (Å²) in [6.07, 6.45) is 5.53. The molecule has 2 rings (SSSR count). The lowest BCUT2D eigenvalue weighted by atomic mass is 10.1. The maximum absolute atomic E-state index is 9.15. The van der Waals surface area contributed by atoms with Gasteiger partial charge in [0.15, 0.2) is 0 Å². The number of aliphatic hydroxyl groups excluding tert-OH is 1. The first-order valence-electron chi connectivity index (χ1n) is 6.75. The molecule has 1 saturated carbocycles. The summed E-state index contributed by atoms with van der Waals surface area (Å²) in [5, 5.41) is 9.15. The van der Waals surface area contributed by atoms with Gasteiger partial charge in [0, 0.05) is 19.6 Å². The van der Waals surface area contributed by atoms with E-state index in [1.165, 1.54) is 31.2 Å². The van der Waals surface area contributed by atoms with Crippen molar-refractivity contribution >= 4 is 0 Å². The van der Waals surface area contributed by atoms with Gasteiger partial charge in [0.25, 0.3) is 0 Å². The van der Waals surface area contributed by atoms with Gasteiger partial charge in [-0.1, -0.05) is 43.2 Å². The molecular weight excluding hydrogens is 210 g/mol. The molecule has 0 saturated heterocycles. The van der Waals surface area contributed by atoms with E-state index in [9.17, 15) is 0 Å². The van der Waals surface area contributed by atoms with E-state index in [4.69, 9.17) is 5.11 Å². The summed E-state index contributed by atoms with van der Waals surface area (Å²) >= 11 is 0. The first kappa shape index (κ1) is 12.6. The van der Waals surface area contributed by atoms with Crippen molar-refractivity contribution in [2.75, 3.05) is 19.7 Å². The Morgan fingerprint density at radius 1 is 1.12 bits per heavy atom. The van der Waals surface area contributed by atoms with Gasteiger partial charge in [-0.3, -0.25) is 4.90 Å². The molecule has 0 amide bonds. The van der Waals surface area contributed by atoms with Crippen LogP contribution in [0.1, 0.15) is 31.2 Å². The van der Waals surface area contributed by atoms with Crippen LogP contribution >= 0.6 is 0 Å². The molecule has 0 aliphatic heterocycles. The van der Waals surface area contributed by atoms with E-state index in [2.05, 4.69) is 35.2 Å². The molecule has 1 fully saturated rings. The Bertz CT molecular complexity index is 306. The van der Waals surface area contributed by atoms with Gasteiger partial charge in [-0.15, -0.1) is 0 Å². The third kappa shape index (κ3) is 4.14. The van der Waals surface area contributed by atoms with Gasteiger partial charge < -0.3 is 5.11 Å². The summed E-state index contributed by atoms with van der Waals surface area (Å²) in [7, 11) is 0. The molecule has 1 N–H and O–H groups in total. The first-order chi connectivity index (χ1) is 8.38. The van der Waals surface area contributed by atoms with Crippen LogP contribution in [-0.4, -0.2) is 29.7 Å². The van der Waals surface area contributed by atoms with Crippen molar-refractivity contribution in [3.05, 3.63) is 35.9 Å². The molecule has 2 nitrogen and oxygen atoms in total. The van der Waals surface area contributed by atoms with Crippen molar-refractivity contribution < 1.29 is 5.11 Å². The monoisotopic (exact) mass is 233 g/mol. The maximum Gasteiger partial charge on any atom is 0.0558 e. The van der Waals surface area contributed by atoms with Crippen LogP contribution in [0.15, 0.2) is 30.3 Å². The average Bonchev–Trinajstić information content (AvgIpc) is 2.83. The average molecular weight is 233 g/mol. The smallest absolute Gasteiger partial charge is 0.0558 e. The molecule has 17 heavy (non-hydrogen) atoms. The van der Waals surface area contributed by atoms with Gasteiger partial charge >= 0.3 is 0 Å². The number of rotatable bonds is 6. The number of benzene rings is 1. The summed E-state index contributed by atoms with van der Waals surface area (Å²) in [4.78, 5) is 2.39. The fourth-order valence-corrected chi connectivity index (χ4v) is 2.78. The second-order valence-corrected chi connectivity index (χ2v) is 5.09. The van der Waals surface area contributed by atoms with Crippen LogP contribution in [0.4, 0.5) is 0 Å². The Morgan fingerprint density at radius 3 is 2.47 bits per heavy atom. The third-order valence-corrected chi connectivity index (χ3v) is 3.66. The van der Waals surface area contributed by atoms with Crippen LogP contribution in [0.5, 0.6) is 0 Å². The molecule has 1 aromatic carbocycles. The second-order valence-electron chi connectivity index (χ2n) is 5.09. The number of hydrogen-bond donors (Lipinski definition) is 1. The lowest BCUT2D eigenvalue weighted by Gasteiger charge is -2.24. The molecule has 0 atom stereocenters. The highest BCUT2D eigenvalue weighted by Gasteiger charge is 2.18. The SMILES string of the molecule is OCCN(Cc1ccccc1)CC1CCCC1. The molecule has 94 valence electrons. The zero-order valence-corrected chi connectivity index (χ0v) is 10.5. The molecule has 0 unspecified atom stereocenters. The Kier molecular flexibility index (Phi) is 5.02. The van der Waals surface area contributed by atoms with Crippen molar-refractivity contribution in [1.82, 2.24) is 4.90 Å². The molecule has 1 aliphatic rings. The third-order valence-electron chi connectivity index (χ3n) is 3.66. The van der Waals surface area contributed by atoms with Crippen molar-refractivity contribution in [2.24, 2.45) is 5.92 Å². The Labute approximate surface area is 104 Å². The van der Waals surface area contributed by atoms with Crippen LogP contribution in [0.2, 0.25) is 0 Å². The lowest BCUT2D eigenvalue weighted by Crippen LogP contribution is -2.31. The van der Waals surface area contributed by atoms with E-state index in [0.29, 0.717) is 0 Å². The normalized spacial score (nSPS) is 16.8. The summed E-state index contributed by atoms with van der Waals surface area (Å²) in [5.41, 5.74) is 1.35. The predicted molar refractivity (Wildman–Crippen MR) is 70.8 cm³/mol. The van der Waals surface area contributed by atoms with Crippen LogP contribution < -0.4 is 0 Å². The van der Waals surface area contributed by atoms with E-state index >= 15 is 0 Å². The van der Waals surface area contributed by atoms with Gasteiger partial charge in [-0.25, -0.2) is 0 Å². The largest absolute Gasteiger partial charge is 0.395 e. The molecule has 0 bridgehead atoms. The van der Waals surface area contributed by atoms with Crippen molar-refractivity contribution in [2.45, 2.75) is 32.2 Å². The van der Waals surface area contributed by atoms with Gasteiger partial charge in [-0.2, -0.15) is 0 Å². The highest BCUT2D eigenvalue weighted by Crippen LogP contribution is 2.25. The zero-order valence-electron chi connectivity index (χ0n) is 10.5. The van der Waals surface area contributed by atoms with Crippen molar-refractivity contribution in [1.29, 1.82) is 0 Å². The van der Waals surface area contributed by atoms with Gasteiger partial charge in [0.1, 0.15) is 0 Å². The van der Waals surface area contributed by atoms with Crippen LogP contribution in [-0.2, 0) is 6.54 Å². The van der Waals surface area contributed by atoms with E-state index in [0.717, 1.165) is 25.6 Å². The molecule has 0 spiro atoms. The quantitative estimate of drug-likeness (QED) is 0.816. The van der Waals surface area contributed by atoms with Gasteiger partial charge in [-0.05, 0) is 24.3 Å². The highest BCUT2D eigenvalue weighted by molar-refractivity contribution is 5.14. The number of hydrogen-bond acceptors (Lipinski definition) is 2. The minimum atomic E-state index is 0.263. The molecule has 2 heteroatoms. The van der Waals surface area contributed by atoms with E-state index < -0.39 is 0 Å². The number of nitrogens with zero attached hydrogens (tertiary/aromatic N) is 1. The minimum Gasteiger partial charge on any atom is -0.395 e. The highest BCUT2D eigenvalue weighted by atomic mass is 16.3. The summed E-state index contributed by atoms with van der Waals surface area (Å²) in [6.45, 7) is 3.18. The Hall–Kier alpha value is -0.860. The van der Waals surface area contributed by atoms with Gasteiger partial charge in [0.05, 0.1) is 6.61 Å². The Morgan fingerprint density at radius 2 is 1.82 bits per heavy atom. The molecule has 0 aromatic heterocycles. The lowest BCUT2D eigenvalue weighted by molar-refractivity contribution is 0.169. The fraction of sp³-hybridized carbons (Fsp3) is 0.600. The Balaban J connectivity index is 1.87. The van der Waals surface area contributed by atoms with Crippen LogP contribution in [0, 0.1) is 5.92 Å². The first-order valence-corrected chi connectivity index (χ1v) is 6.75. The summed E-state index contributed by atoms with van der Waals surface area (Å²) in [6, 6.07) is 10.6. The zero-order chi connectivity index (χ0) is 11.9. The predicted octanol–water partition coefficient (Wildman–Crippen LogP) is 2.67. The number of aliphatic hydroxyl groups is 1. The second kappa shape index (κ2) is 6.77. The molecule has 1 aliphatic carbocycles. The maximum atomic E-state index is 9.15. The van der Waals surface area contributed by atoms with Crippen LogP contribution in [0.3, 0.4) is 0 Å². The molecule has 0 heterocycles. The van der Waals surface area contributed by atoms with Crippen molar-refractivity contribution in [3.63, 3.8) is 0 Å². The summed E-state index contributed by atoms with van der Waals surface area (Å²) < 4.78 is 0. The molecule has 1 aromatic rings. The topological polar surface area (TPSA) is 23.5 Å². The summed E-state index contributed by atoms with van der Waals surface area (Å²) in [5.74, 6) is 0.852. The minimum absolute atomic E-state index is 0.263. The standard InChI is InChI=1S/C15H23NO/c17-11-10-16(13-15-8-4-5-9-15)12-14-6-2-1-3-7-14/h1-3,6-7,15,17H,4-5,8-13H2. The van der Waals surface area contributed by atoms with E-state index in [-0.39, 0.29) is 6.61 Å². The van der Waals surface area contributed by atoms with E-state index in [1.54, 1.807) is 0 Å². The molecular formula is C15H23NO. The van der Waals surface area contributed by atoms with E-state index in [1.807, 2.05) is 0 Å². The van der Waals surface area contributed by atoms with Crippen molar-refractivity contribution in [3.8, 4) is 0 Å².